The minimum absolute atomic E-state index is 0.140. The van der Waals surface area contributed by atoms with Crippen molar-refractivity contribution in [3.8, 4) is 11.8 Å². The Kier molecular flexibility index (Phi) is 5.31. The summed E-state index contributed by atoms with van der Waals surface area (Å²) in [6.07, 6.45) is 1.79. The molecular weight excluding hydrogens is 336 g/mol. The fourth-order valence-corrected chi connectivity index (χ4v) is 3.25. The Hall–Kier alpha value is -2.85. The van der Waals surface area contributed by atoms with E-state index in [1.165, 1.54) is 6.92 Å². The van der Waals surface area contributed by atoms with Gasteiger partial charge in [-0.15, -0.1) is 11.3 Å². The maximum absolute atomic E-state index is 12.3. The molecular formula is C18H18N4O2S. The molecule has 0 aliphatic carbocycles. The van der Waals surface area contributed by atoms with Crippen LogP contribution in [0.25, 0.3) is 0 Å². The van der Waals surface area contributed by atoms with Crippen LogP contribution in [0.15, 0.2) is 35.8 Å². The van der Waals surface area contributed by atoms with Gasteiger partial charge in [0.05, 0.1) is 0 Å². The predicted octanol–water partition coefficient (Wildman–Crippen LogP) is 1.80. The molecule has 2 heterocycles. The zero-order valence-electron chi connectivity index (χ0n) is 13.9. The SMILES string of the molecule is CC(=O)Nc1cccc(C#CC(=O)N2CCN(c3nccs3)CC2)c1. The van der Waals surface area contributed by atoms with Crippen molar-refractivity contribution in [1.82, 2.24) is 9.88 Å². The van der Waals surface area contributed by atoms with Crippen LogP contribution in [0.4, 0.5) is 10.8 Å². The van der Waals surface area contributed by atoms with Crippen LogP contribution in [0, 0.1) is 11.8 Å². The molecule has 0 bridgehead atoms. The summed E-state index contributed by atoms with van der Waals surface area (Å²) in [5.74, 6) is 5.25. The van der Waals surface area contributed by atoms with Gasteiger partial charge >= 0.3 is 0 Å². The predicted molar refractivity (Wildman–Crippen MR) is 98.5 cm³/mol. The van der Waals surface area contributed by atoms with Crippen molar-refractivity contribution in [2.45, 2.75) is 6.92 Å². The Morgan fingerprint density at radius 2 is 2.04 bits per heavy atom. The van der Waals surface area contributed by atoms with Crippen LogP contribution in [-0.4, -0.2) is 47.9 Å². The van der Waals surface area contributed by atoms with Gasteiger partial charge < -0.3 is 15.1 Å². The van der Waals surface area contributed by atoms with Gasteiger partial charge in [-0.2, -0.15) is 0 Å². The minimum Gasteiger partial charge on any atom is -0.345 e. The lowest BCUT2D eigenvalue weighted by Gasteiger charge is -2.33. The van der Waals surface area contributed by atoms with E-state index in [4.69, 9.17) is 0 Å². The molecule has 6 nitrogen and oxygen atoms in total. The summed E-state index contributed by atoms with van der Waals surface area (Å²) in [6, 6.07) is 7.15. The summed E-state index contributed by atoms with van der Waals surface area (Å²) in [7, 11) is 0. The van der Waals surface area contributed by atoms with Gasteiger partial charge in [-0.25, -0.2) is 4.98 Å². The third-order valence-corrected chi connectivity index (χ3v) is 4.59. The number of amides is 2. The van der Waals surface area contributed by atoms with Gasteiger partial charge in [-0.1, -0.05) is 12.0 Å². The van der Waals surface area contributed by atoms with Crippen molar-refractivity contribution in [2.75, 3.05) is 36.4 Å². The van der Waals surface area contributed by atoms with Crippen molar-refractivity contribution < 1.29 is 9.59 Å². The quantitative estimate of drug-likeness (QED) is 0.836. The molecule has 0 spiro atoms. The maximum atomic E-state index is 12.3. The molecule has 7 heteroatoms. The minimum atomic E-state index is -0.177. The van der Waals surface area contributed by atoms with Gasteiger partial charge in [0.1, 0.15) is 0 Å². The Balaban J connectivity index is 1.58. The number of carbonyl (C=O) groups excluding carboxylic acids is 2. The lowest BCUT2D eigenvalue weighted by Crippen LogP contribution is -2.48. The first-order chi connectivity index (χ1) is 12.1. The number of nitrogens with one attached hydrogen (secondary N) is 1. The van der Waals surface area contributed by atoms with Gasteiger partial charge in [0.2, 0.25) is 5.91 Å². The van der Waals surface area contributed by atoms with E-state index >= 15 is 0 Å². The van der Waals surface area contributed by atoms with Crippen LogP contribution in [0.3, 0.4) is 0 Å². The molecule has 1 N–H and O–H groups in total. The molecule has 2 aromatic rings. The lowest BCUT2D eigenvalue weighted by molar-refractivity contribution is -0.125. The lowest BCUT2D eigenvalue weighted by atomic mass is 10.2. The van der Waals surface area contributed by atoms with Crippen LogP contribution in [-0.2, 0) is 9.59 Å². The first kappa shape index (κ1) is 17.0. The van der Waals surface area contributed by atoms with Crippen molar-refractivity contribution in [3.63, 3.8) is 0 Å². The van der Waals surface area contributed by atoms with Crippen LogP contribution < -0.4 is 10.2 Å². The summed E-state index contributed by atoms with van der Waals surface area (Å²) < 4.78 is 0. The Labute approximate surface area is 150 Å². The average molecular weight is 354 g/mol. The number of benzene rings is 1. The van der Waals surface area contributed by atoms with E-state index in [-0.39, 0.29) is 11.8 Å². The number of piperazine rings is 1. The van der Waals surface area contributed by atoms with Crippen LogP contribution in [0.1, 0.15) is 12.5 Å². The fourth-order valence-electron chi connectivity index (χ4n) is 2.56. The van der Waals surface area contributed by atoms with E-state index in [2.05, 4.69) is 27.0 Å². The molecule has 25 heavy (non-hydrogen) atoms. The monoisotopic (exact) mass is 354 g/mol. The molecule has 128 valence electrons. The highest BCUT2D eigenvalue weighted by Gasteiger charge is 2.21. The van der Waals surface area contributed by atoms with Crippen LogP contribution in [0.5, 0.6) is 0 Å². The first-order valence-corrected chi connectivity index (χ1v) is 8.83. The molecule has 0 atom stereocenters. The molecule has 1 saturated heterocycles. The first-order valence-electron chi connectivity index (χ1n) is 7.95. The number of carbonyl (C=O) groups is 2. The largest absolute Gasteiger partial charge is 0.345 e. The van der Waals surface area contributed by atoms with Gasteiger partial charge in [0.15, 0.2) is 5.13 Å². The second-order valence-electron chi connectivity index (χ2n) is 5.61. The Morgan fingerprint density at radius 1 is 1.24 bits per heavy atom. The molecule has 2 amide bonds. The summed E-state index contributed by atoms with van der Waals surface area (Å²) in [6.45, 7) is 4.25. The smallest absolute Gasteiger partial charge is 0.298 e. The van der Waals surface area contributed by atoms with Crippen molar-refractivity contribution >= 4 is 34.0 Å². The summed E-state index contributed by atoms with van der Waals surface area (Å²) in [5.41, 5.74) is 1.37. The van der Waals surface area contributed by atoms with Gasteiger partial charge in [0.25, 0.3) is 5.91 Å². The maximum Gasteiger partial charge on any atom is 0.298 e. The van der Waals surface area contributed by atoms with Gasteiger partial charge in [-0.3, -0.25) is 9.59 Å². The van der Waals surface area contributed by atoms with E-state index in [1.807, 2.05) is 11.4 Å². The fraction of sp³-hybridized carbons (Fsp3) is 0.278. The number of anilines is 2. The van der Waals surface area contributed by atoms with E-state index in [0.29, 0.717) is 24.3 Å². The Bertz CT molecular complexity index is 815. The number of rotatable bonds is 2. The van der Waals surface area contributed by atoms with Crippen molar-refractivity contribution in [2.24, 2.45) is 0 Å². The summed E-state index contributed by atoms with van der Waals surface area (Å²) in [4.78, 5) is 31.6. The van der Waals surface area contributed by atoms with Gasteiger partial charge in [-0.05, 0) is 18.2 Å². The highest BCUT2D eigenvalue weighted by Crippen LogP contribution is 2.18. The number of nitrogens with zero attached hydrogens (tertiary/aromatic N) is 3. The molecule has 0 saturated carbocycles. The molecule has 0 unspecified atom stereocenters. The molecule has 1 fully saturated rings. The molecule has 1 aliphatic rings. The number of thiazole rings is 1. The molecule has 0 radical (unpaired) electrons. The molecule has 1 aliphatic heterocycles. The number of aromatic nitrogens is 1. The third kappa shape index (κ3) is 4.58. The van der Waals surface area contributed by atoms with Crippen LogP contribution in [0.2, 0.25) is 0 Å². The standard InChI is InChI=1S/C18H18N4O2S/c1-14(23)20-16-4-2-3-15(13-16)5-6-17(24)21-8-10-22(11-9-21)18-19-7-12-25-18/h2-4,7,12-13H,8-11H2,1H3,(H,20,23). The summed E-state index contributed by atoms with van der Waals surface area (Å²) in [5, 5.41) is 5.65. The second-order valence-corrected chi connectivity index (χ2v) is 6.48. The van der Waals surface area contributed by atoms with Crippen molar-refractivity contribution in [1.29, 1.82) is 0 Å². The van der Waals surface area contributed by atoms with E-state index in [0.717, 1.165) is 18.2 Å². The average Bonchev–Trinajstić information content (AvgIpc) is 3.14. The number of hydrogen-bond acceptors (Lipinski definition) is 5. The van der Waals surface area contributed by atoms with Crippen LogP contribution >= 0.6 is 11.3 Å². The van der Waals surface area contributed by atoms with E-state index < -0.39 is 0 Å². The van der Waals surface area contributed by atoms with Crippen molar-refractivity contribution in [3.05, 3.63) is 41.4 Å². The number of hydrogen-bond donors (Lipinski definition) is 1. The van der Waals surface area contributed by atoms with E-state index in [9.17, 15) is 9.59 Å². The highest BCUT2D eigenvalue weighted by molar-refractivity contribution is 7.13. The Morgan fingerprint density at radius 3 is 2.72 bits per heavy atom. The zero-order valence-corrected chi connectivity index (χ0v) is 14.7. The van der Waals surface area contributed by atoms with Gasteiger partial charge in [0, 0.05) is 61.9 Å². The molecule has 1 aromatic carbocycles. The topological polar surface area (TPSA) is 65.5 Å². The third-order valence-electron chi connectivity index (χ3n) is 3.75. The molecule has 1 aromatic heterocycles. The zero-order chi connectivity index (χ0) is 17.6. The molecule has 3 rings (SSSR count). The summed E-state index contributed by atoms with van der Waals surface area (Å²) >= 11 is 1.61. The highest BCUT2D eigenvalue weighted by atomic mass is 32.1. The van der Waals surface area contributed by atoms with E-state index in [1.54, 1.807) is 40.6 Å². The second kappa shape index (κ2) is 7.81. The normalized spacial score (nSPS) is 13.8.